The summed E-state index contributed by atoms with van der Waals surface area (Å²) in [4.78, 5) is 16.0. The molecule has 0 amide bonds. The number of aliphatic hydroxyl groups is 1. The fourth-order valence-corrected chi connectivity index (χ4v) is 4.27. The highest BCUT2D eigenvalue weighted by Crippen LogP contribution is 2.38. The van der Waals surface area contributed by atoms with Crippen LogP contribution >= 0.6 is 12.6 Å². The maximum atomic E-state index is 12.6. The SMILES string of the molecule is N=C(c1ccc(S)cc1)c1c(NC2CCC(O)(c3ccccc3)CC2)cc[nH]c1=O. The molecule has 0 saturated heterocycles. The number of anilines is 1. The Labute approximate surface area is 181 Å². The molecule has 0 unspecified atom stereocenters. The molecule has 1 fully saturated rings. The zero-order valence-electron chi connectivity index (χ0n) is 16.6. The van der Waals surface area contributed by atoms with Gasteiger partial charge in [0, 0.05) is 22.7 Å². The summed E-state index contributed by atoms with van der Waals surface area (Å²) < 4.78 is 0. The largest absolute Gasteiger partial charge is 0.385 e. The van der Waals surface area contributed by atoms with Crippen LogP contribution in [-0.2, 0) is 5.60 Å². The number of aromatic nitrogens is 1. The topological polar surface area (TPSA) is 89.0 Å². The minimum absolute atomic E-state index is 0.127. The second-order valence-corrected chi connectivity index (χ2v) is 8.35. The van der Waals surface area contributed by atoms with Crippen molar-refractivity contribution in [3.05, 3.63) is 93.9 Å². The molecule has 0 atom stereocenters. The van der Waals surface area contributed by atoms with E-state index >= 15 is 0 Å². The predicted octanol–water partition coefficient (Wildman–Crippen LogP) is 4.32. The molecule has 0 aliphatic heterocycles. The van der Waals surface area contributed by atoms with Gasteiger partial charge in [0.05, 0.1) is 22.6 Å². The molecular formula is C24H25N3O2S. The predicted molar refractivity (Wildman–Crippen MR) is 123 cm³/mol. The number of aromatic amines is 1. The number of benzene rings is 2. The molecule has 1 aliphatic rings. The van der Waals surface area contributed by atoms with Crippen LogP contribution < -0.4 is 10.9 Å². The van der Waals surface area contributed by atoms with Gasteiger partial charge in [0.1, 0.15) is 0 Å². The van der Waals surface area contributed by atoms with Crippen LogP contribution in [0.15, 0.2) is 76.6 Å². The number of nitrogens with one attached hydrogen (secondary N) is 3. The van der Waals surface area contributed by atoms with Crippen LogP contribution in [0.2, 0.25) is 0 Å². The Bertz CT molecular complexity index is 1090. The van der Waals surface area contributed by atoms with Gasteiger partial charge in [-0.1, -0.05) is 42.5 Å². The van der Waals surface area contributed by atoms with Crippen molar-refractivity contribution in [3.8, 4) is 0 Å². The van der Waals surface area contributed by atoms with Crippen LogP contribution in [0.1, 0.15) is 42.4 Å². The Morgan fingerprint density at radius 3 is 2.40 bits per heavy atom. The molecule has 4 rings (SSSR count). The van der Waals surface area contributed by atoms with Crippen molar-refractivity contribution >= 4 is 24.0 Å². The number of H-pyrrole nitrogens is 1. The number of rotatable bonds is 5. The molecule has 0 radical (unpaired) electrons. The minimum atomic E-state index is -0.808. The van der Waals surface area contributed by atoms with Gasteiger partial charge in [-0.2, -0.15) is 0 Å². The average Bonchev–Trinajstić information content (AvgIpc) is 2.76. The third-order valence-corrected chi connectivity index (χ3v) is 6.15. The van der Waals surface area contributed by atoms with Gasteiger partial charge < -0.3 is 15.4 Å². The summed E-state index contributed by atoms with van der Waals surface area (Å²) in [5, 5.41) is 23.1. The van der Waals surface area contributed by atoms with Gasteiger partial charge in [-0.3, -0.25) is 10.2 Å². The van der Waals surface area contributed by atoms with Crippen molar-refractivity contribution in [1.82, 2.24) is 4.98 Å². The van der Waals surface area contributed by atoms with Crippen LogP contribution in [0.4, 0.5) is 5.69 Å². The zero-order valence-corrected chi connectivity index (χ0v) is 17.5. The summed E-state index contributed by atoms with van der Waals surface area (Å²) in [6, 6.07) is 18.9. The molecule has 1 aliphatic carbocycles. The third-order valence-electron chi connectivity index (χ3n) is 5.85. The van der Waals surface area contributed by atoms with Crippen LogP contribution in [0.3, 0.4) is 0 Å². The van der Waals surface area contributed by atoms with Gasteiger partial charge >= 0.3 is 0 Å². The van der Waals surface area contributed by atoms with E-state index < -0.39 is 5.60 Å². The lowest BCUT2D eigenvalue weighted by atomic mass is 9.77. The number of hydrogen-bond acceptors (Lipinski definition) is 5. The van der Waals surface area contributed by atoms with Gasteiger partial charge in [0.25, 0.3) is 5.56 Å². The third kappa shape index (κ3) is 4.20. The number of thiol groups is 1. The van der Waals surface area contributed by atoms with Crippen LogP contribution in [0.25, 0.3) is 0 Å². The normalized spacial score (nSPS) is 21.2. The monoisotopic (exact) mass is 419 g/mol. The molecule has 5 nitrogen and oxygen atoms in total. The highest BCUT2D eigenvalue weighted by atomic mass is 32.1. The summed E-state index contributed by atoms with van der Waals surface area (Å²) in [5.74, 6) is 0. The van der Waals surface area contributed by atoms with Gasteiger partial charge in [0.2, 0.25) is 0 Å². The van der Waals surface area contributed by atoms with Gasteiger partial charge in [-0.05, 0) is 49.4 Å². The van der Waals surface area contributed by atoms with Crippen molar-refractivity contribution in [2.75, 3.05) is 5.32 Å². The lowest BCUT2D eigenvalue weighted by molar-refractivity contribution is -0.00331. The first-order valence-electron chi connectivity index (χ1n) is 10.1. The average molecular weight is 420 g/mol. The first-order chi connectivity index (χ1) is 14.5. The van der Waals surface area contributed by atoms with E-state index in [1.807, 2.05) is 42.5 Å². The quantitative estimate of drug-likeness (QED) is 0.315. The maximum absolute atomic E-state index is 12.6. The smallest absolute Gasteiger partial charge is 0.259 e. The van der Waals surface area contributed by atoms with Crippen molar-refractivity contribution in [3.63, 3.8) is 0 Å². The summed E-state index contributed by atoms with van der Waals surface area (Å²) in [6.07, 6.45) is 4.45. The summed E-state index contributed by atoms with van der Waals surface area (Å²) >= 11 is 4.28. The standard InChI is InChI=1S/C24H25N3O2S/c25-22(16-6-8-19(30)9-7-16)21-20(12-15-26-23(21)28)27-18-10-13-24(29,14-11-18)17-4-2-1-3-5-17/h1-9,12,15,18,25,29-30H,10-11,13-14H2,(H2,26,27,28). The van der Waals surface area contributed by atoms with E-state index in [0.29, 0.717) is 29.7 Å². The van der Waals surface area contributed by atoms with Gasteiger partial charge in [-0.15, -0.1) is 12.6 Å². The highest BCUT2D eigenvalue weighted by Gasteiger charge is 2.34. The summed E-state index contributed by atoms with van der Waals surface area (Å²) in [7, 11) is 0. The zero-order chi connectivity index (χ0) is 21.1. The van der Waals surface area contributed by atoms with Crippen molar-refractivity contribution < 1.29 is 5.11 Å². The summed E-state index contributed by atoms with van der Waals surface area (Å²) in [5.41, 5.74) is 1.66. The first-order valence-corrected chi connectivity index (χ1v) is 10.6. The van der Waals surface area contributed by atoms with E-state index in [4.69, 9.17) is 5.41 Å². The molecule has 30 heavy (non-hydrogen) atoms. The summed E-state index contributed by atoms with van der Waals surface area (Å²) in [6.45, 7) is 0. The van der Waals surface area contributed by atoms with Gasteiger partial charge in [0.15, 0.2) is 0 Å². The van der Waals surface area contributed by atoms with E-state index in [9.17, 15) is 9.90 Å². The Morgan fingerprint density at radius 1 is 1.07 bits per heavy atom. The molecule has 4 N–H and O–H groups in total. The molecule has 1 heterocycles. The van der Waals surface area contributed by atoms with E-state index in [0.717, 1.165) is 23.3 Å². The van der Waals surface area contributed by atoms with E-state index in [2.05, 4.69) is 22.9 Å². The Morgan fingerprint density at radius 2 is 1.73 bits per heavy atom. The van der Waals surface area contributed by atoms with E-state index in [1.165, 1.54) is 0 Å². The second kappa shape index (κ2) is 8.50. The highest BCUT2D eigenvalue weighted by molar-refractivity contribution is 7.80. The van der Waals surface area contributed by atoms with Gasteiger partial charge in [-0.25, -0.2) is 0 Å². The lowest BCUT2D eigenvalue weighted by Crippen LogP contribution is -2.37. The van der Waals surface area contributed by atoms with Crippen LogP contribution in [-0.4, -0.2) is 21.8 Å². The molecular weight excluding hydrogens is 394 g/mol. The molecule has 0 spiro atoms. The molecule has 2 aromatic carbocycles. The van der Waals surface area contributed by atoms with Crippen molar-refractivity contribution in [2.24, 2.45) is 0 Å². The van der Waals surface area contributed by atoms with Crippen molar-refractivity contribution in [1.29, 1.82) is 5.41 Å². The lowest BCUT2D eigenvalue weighted by Gasteiger charge is -2.37. The Balaban J connectivity index is 1.52. The van der Waals surface area contributed by atoms with E-state index in [-0.39, 0.29) is 17.3 Å². The maximum Gasteiger partial charge on any atom is 0.259 e. The Kier molecular flexibility index (Phi) is 5.79. The molecule has 1 saturated carbocycles. The fourth-order valence-electron chi connectivity index (χ4n) is 4.12. The first kappa shape index (κ1) is 20.4. The molecule has 3 aromatic rings. The van der Waals surface area contributed by atoms with E-state index in [1.54, 1.807) is 24.4 Å². The molecule has 1 aromatic heterocycles. The number of hydrogen-bond donors (Lipinski definition) is 5. The molecule has 154 valence electrons. The second-order valence-electron chi connectivity index (χ2n) is 7.83. The number of pyridine rings is 1. The van der Waals surface area contributed by atoms with Crippen molar-refractivity contribution in [2.45, 2.75) is 42.2 Å². The minimum Gasteiger partial charge on any atom is -0.385 e. The molecule has 6 heteroatoms. The fraction of sp³-hybridized carbons (Fsp3) is 0.250. The van der Waals surface area contributed by atoms with Crippen LogP contribution in [0.5, 0.6) is 0 Å². The molecule has 0 bridgehead atoms. The van der Waals surface area contributed by atoms with Crippen LogP contribution in [0, 0.1) is 5.41 Å². The Hall–Kier alpha value is -2.83.